The summed E-state index contributed by atoms with van der Waals surface area (Å²) in [5.74, 6) is 0.789. The van der Waals surface area contributed by atoms with Crippen molar-refractivity contribution in [3.05, 3.63) is 0 Å². The van der Waals surface area contributed by atoms with E-state index in [1.54, 1.807) is 0 Å². The van der Waals surface area contributed by atoms with Crippen LogP contribution in [0.2, 0.25) is 0 Å². The van der Waals surface area contributed by atoms with Gasteiger partial charge in [0.25, 0.3) is 0 Å². The highest BCUT2D eigenvalue weighted by Gasteiger charge is 2.22. The predicted molar refractivity (Wildman–Crippen MR) is 65.6 cm³/mol. The van der Waals surface area contributed by atoms with E-state index in [2.05, 4.69) is 47.0 Å². The van der Waals surface area contributed by atoms with Crippen molar-refractivity contribution in [2.24, 2.45) is 11.3 Å². The highest BCUT2D eigenvalue weighted by atomic mass is 14.9. The highest BCUT2D eigenvalue weighted by Crippen LogP contribution is 2.29. The molecule has 0 heterocycles. The fraction of sp³-hybridized carbons (Fsp3) is 1.00. The molecule has 0 aliphatic heterocycles. The summed E-state index contributed by atoms with van der Waals surface area (Å²) in [6.45, 7) is 11.6. The largest absolute Gasteiger partial charge is 0.317 e. The SMILES string of the molecule is CCCCC(CC(C)C(C)(C)C)NC. The summed E-state index contributed by atoms with van der Waals surface area (Å²) in [5.41, 5.74) is 0.446. The van der Waals surface area contributed by atoms with Crippen molar-refractivity contribution in [1.29, 1.82) is 0 Å². The fourth-order valence-corrected chi connectivity index (χ4v) is 1.61. The van der Waals surface area contributed by atoms with Crippen LogP contribution in [-0.2, 0) is 0 Å². The zero-order valence-electron chi connectivity index (χ0n) is 11.0. The molecular formula is C13H29N. The van der Waals surface area contributed by atoms with Gasteiger partial charge in [-0.1, -0.05) is 47.5 Å². The van der Waals surface area contributed by atoms with Crippen LogP contribution in [-0.4, -0.2) is 13.1 Å². The molecule has 2 atom stereocenters. The minimum absolute atomic E-state index is 0.446. The maximum Gasteiger partial charge on any atom is 0.00667 e. The average molecular weight is 199 g/mol. The van der Waals surface area contributed by atoms with Crippen molar-refractivity contribution in [3.8, 4) is 0 Å². The number of rotatable bonds is 6. The molecule has 0 spiro atoms. The van der Waals surface area contributed by atoms with E-state index in [4.69, 9.17) is 0 Å². The second-order valence-corrected chi connectivity index (χ2v) is 5.63. The lowest BCUT2D eigenvalue weighted by molar-refractivity contribution is 0.221. The van der Waals surface area contributed by atoms with Crippen molar-refractivity contribution in [2.45, 2.75) is 66.3 Å². The Morgan fingerprint density at radius 1 is 1.21 bits per heavy atom. The molecule has 0 rings (SSSR count). The lowest BCUT2D eigenvalue weighted by atomic mass is 9.78. The van der Waals surface area contributed by atoms with Crippen LogP contribution in [0, 0.1) is 11.3 Å². The summed E-state index contributed by atoms with van der Waals surface area (Å²) < 4.78 is 0. The Balaban J connectivity index is 3.92. The Kier molecular flexibility index (Phi) is 6.43. The van der Waals surface area contributed by atoms with Gasteiger partial charge in [-0.2, -0.15) is 0 Å². The standard InChI is InChI=1S/C13H29N/c1-7-8-9-12(14-6)10-11(2)13(3,4)5/h11-12,14H,7-10H2,1-6H3. The molecule has 0 aliphatic carbocycles. The van der Waals surface area contributed by atoms with Crippen LogP contribution in [0.4, 0.5) is 0 Å². The molecular weight excluding hydrogens is 170 g/mol. The molecule has 1 N–H and O–H groups in total. The van der Waals surface area contributed by atoms with Crippen molar-refractivity contribution in [3.63, 3.8) is 0 Å². The van der Waals surface area contributed by atoms with Crippen LogP contribution in [0.1, 0.15) is 60.3 Å². The highest BCUT2D eigenvalue weighted by molar-refractivity contribution is 4.76. The van der Waals surface area contributed by atoms with Crippen molar-refractivity contribution in [1.82, 2.24) is 5.32 Å². The molecule has 0 saturated heterocycles. The molecule has 0 aromatic rings. The van der Waals surface area contributed by atoms with Crippen LogP contribution >= 0.6 is 0 Å². The van der Waals surface area contributed by atoms with E-state index in [0.717, 1.165) is 5.92 Å². The number of unbranched alkanes of at least 4 members (excludes halogenated alkanes) is 1. The molecule has 0 aromatic carbocycles. The average Bonchev–Trinajstić information content (AvgIpc) is 2.10. The normalized spacial score (nSPS) is 16.7. The van der Waals surface area contributed by atoms with E-state index in [9.17, 15) is 0 Å². The van der Waals surface area contributed by atoms with Gasteiger partial charge in [0.2, 0.25) is 0 Å². The van der Waals surface area contributed by atoms with Gasteiger partial charge in [0.15, 0.2) is 0 Å². The van der Waals surface area contributed by atoms with E-state index in [1.807, 2.05) is 0 Å². The maximum absolute atomic E-state index is 3.44. The summed E-state index contributed by atoms with van der Waals surface area (Å²) in [4.78, 5) is 0. The summed E-state index contributed by atoms with van der Waals surface area (Å²) in [6.07, 6.45) is 5.29. The Morgan fingerprint density at radius 2 is 1.79 bits per heavy atom. The van der Waals surface area contributed by atoms with Gasteiger partial charge in [-0.05, 0) is 31.2 Å². The molecule has 0 aromatic heterocycles. The third-order valence-corrected chi connectivity index (χ3v) is 3.43. The van der Waals surface area contributed by atoms with Crippen LogP contribution in [0.15, 0.2) is 0 Å². The van der Waals surface area contributed by atoms with Gasteiger partial charge >= 0.3 is 0 Å². The fourth-order valence-electron chi connectivity index (χ4n) is 1.61. The van der Waals surface area contributed by atoms with E-state index >= 15 is 0 Å². The molecule has 0 aliphatic rings. The minimum Gasteiger partial charge on any atom is -0.317 e. The zero-order chi connectivity index (χ0) is 11.2. The molecule has 86 valence electrons. The summed E-state index contributed by atoms with van der Waals surface area (Å²) in [5, 5.41) is 3.44. The second-order valence-electron chi connectivity index (χ2n) is 5.63. The van der Waals surface area contributed by atoms with Crippen molar-refractivity contribution < 1.29 is 0 Å². The van der Waals surface area contributed by atoms with Gasteiger partial charge in [-0.15, -0.1) is 0 Å². The smallest absolute Gasteiger partial charge is 0.00667 e. The first-order chi connectivity index (χ1) is 6.41. The molecule has 1 nitrogen and oxygen atoms in total. The first kappa shape index (κ1) is 14.0. The first-order valence-corrected chi connectivity index (χ1v) is 6.09. The summed E-state index contributed by atoms with van der Waals surface area (Å²) >= 11 is 0. The number of hydrogen-bond acceptors (Lipinski definition) is 1. The predicted octanol–water partition coefficient (Wildman–Crippen LogP) is 3.84. The molecule has 14 heavy (non-hydrogen) atoms. The minimum atomic E-state index is 0.446. The van der Waals surface area contributed by atoms with Crippen molar-refractivity contribution >= 4 is 0 Å². The lowest BCUT2D eigenvalue weighted by Gasteiger charge is -2.30. The third kappa shape index (κ3) is 5.64. The molecule has 0 amide bonds. The van der Waals surface area contributed by atoms with Crippen LogP contribution in [0.5, 0.6) is 0 Å². The molecule has 1 heteroatoms. The van der Waals surface area contributed by atoms with Gasteiger partial charge in [-0.3, -0.25) is 0 Å². The van der Waals surface area contributed by atoms with E-state index < -0.39 is 0 Å². The van der Waals surface area contributed by atoms with Crippen LogP contribution in [0.25, 0.3) is 0 Å². The topological polar surface area (TPSA) is 12.0 Å². The van der Waals surface area contributed by atoms with Gasteiger partial charge < -0.3 is 5.32 Å². The first-order valence-electron chi connectivity index (χ1n) is 6.09. The van der Waals surface area contributed by atoms with Gasteiger partial charge in [0, 0.05) is 6.04 Å². The Bertz CT molecular complexity index is 135. The Morgan fingerprint density at radius 3 is 2.14 bits per heavy atom. The Hall–Kier alpha value is -0.0400. The van der Waals surface area contributed by atoms with Gasteiger partial charge in [-0.25, -0.2) is 0 Å². The van der Waals surface area contributed by atoms with E-state index in [0.29, 0.717) is 11.5 Å². The molecule has 2 unspecified atom stereocenters. The van der Waals surface area contributed by atoms with Crippen LogP contribution < -0.4 is 5.32 Å². The second kappa shape index (κ2) is 6.44. The van der Waals surface area contributed by atoms with Crippen molar-refractivity contribution in [2.75, 3.05) is 7.05 Å². The van der Waals surface area contributed by atoms with E-state index in [1.165, 1.54) is 25.7 Å². The quantitative estimate of drug-likeness (QED) is 0.685. The van der Waals surface area contributed by atoms with E-state index in [-0.39, 0.29) is 0 Å². The summed E-state index contributed by atoms with van der Waals surface area (Å²) in [6, 6.07) is 0.712. The molecule has 0 saturated carbocycles. The molecule has 0 radical (unpaired) electrons. The number of hydrogen-bond donors (Lipinski definition) is 1. The molecule has 0 bridgehead atoms. The lowest BCUT2D eigenvalue weighted by Crippen LogP contribution is -2.31. The van der Waals surface area contributed by atoms with Crippen LogP contribution in [0.3, 0.4) is 0 Å². The van der Waals surface area contributed by atoms with Gasteiger partial charge in [0.1, 0.15) is 0 Å². The molecule has 0 fully saturated rings. The monoisotopic (exact) mass is 199 g/mol. The maximum atomic E-state index is 3.44. The zero-order valence-corrected chi connectivity index (χ0v) is 11.0. The number of nitrogens with one attached hydrogen (secondary N) is 1. The van der Waals surface area contributed by atoms with Gasteiger partial charge in [0.05, 0.1) is 0 Å². The Labute approximate surface area is 90.7 Å². The summed E-state index contributed by atoms with van der Waals surface area (Å²) in [7, 11) is 2.09. The third-order valence-electron chi connectivity index (χ3n) is 3.43.